The van der Waals surface area contributed by atoms with Crippen LogP contribution in [0, 0.1) is 12.7 Å². The zero-order valence-electron chi connectivity index (χ0n) is 9.72. The van der Waals surface area contributed by atoms with Gasteiger partial charge in [-0.2, -0.15) is 0 Å². The number of carbonyl (C=O) groups is 1. The van der Waals surface area contributed by atoms with Gasteiger partial charge in [-0.15, -0.1) is 0 Å². The monoisotopic (exact) mass is 246 g/mol. The van der Waals surface area contributed by atoms with Crippen molar-refractivity contribution in [2.75, 3.05) is 0 Å². The summed E-state index contributed by atoms with van der Waals surface area (Å²) in [6, 6.07) is 7.37. The van der Waals surface area contributed by atoms with E-state index in [2.05, 4.69) is 9.97 Å². The maximum atomic E-state index is 12.8. The summed E-state index contributed by atoms with van der Waals surface area (Å²) in [7, 11) is 0. The molecular formula is C13H11FN2O2. The van der Waals surface area contributed by atoms with E-state index in [0.29, 0.717) is 17.9 Å². The Morgan fingerprint density at radius 2 is 1.94 bits per heavy atom. The van der Waals surface area contributed by atoms with Crippen LogP contribution in [0.3, 0.4) is 0 Å². The highest BCUT2D eigenvalue weighted by molar-refractivity contribution is 5.85. The Morgan fingerprint density at radius 3 is 2.56 bits per heavy atom. The van der Waals surface area contributed by atoms with Crippen LogP contribution in [0.4, 0.5) is 4.39 Å². The first-order valence-corrected chi connectivity index (χ1v) is 5.37. The first kappa shape index (κ1) is 12.2. The van der Waals surface area contributed by atoms with Gasteiger partial charge in [-0.1, -0.05) is 12.1 Å². The lowest BCUT2D eigenvalue weighted by molar-refractivity contribution is 0.0689. The van der Waals surface area contributed by atoms with Crippen molar-refractivity contribution < 1.29 is 14.3 Å². The summed E-state index contributed by atoms with van der Waals surface area (Å²) in [6.07, 6.45) is 0.377. The summed E-state index contributed by atoms with van der Waals surface area (Å²) in [4.78, 5) is 19.0. The van der Waals surface area contributed by atoms with Crippen molar-refractivity contribution in [1.82, 2.24) is 9.97 Å². The molecule has 0 unspecified atom stereocenters. The van der Waals surface area contributed by atoms with Crippen LogP contribution in [0.25, 0.3) is 0 Å². The molecular weight excluding hydrogens is 235 g/mol. The highest BCUT2D eigenvalue weighted by Crippen LogP contribution is 2.09. The van der Waals surface area contributed by atoms with Crippen LogP contribution in [0.2, 0.25) is 0 Å². The molecule has 0 atom stereocenters. The molecule has 1 aromatic carbocycles. The molecule has 0 aliphatic heterocycles. The van der Waals surface area contributed by atoms with E-state index in [4.69, 9.17) is 5.11 Å². The van der Waals surface area contributed by atoms with E-state index >= 15 is 0 Å². The minimum atomic E-state index is -1.08. The molecule has 0 aliphatic carbocycles. The summed E-state index contributed by atoms with van der Waals surface area (Å²) in [5.74, 6) is -0.977. The normalized spacial score (nSPS) is 10.3. The summed E-state index contributed by atoms with van der Waals surface area (Å²) >= 11 is 0. The predicted molar refractivity (Wildman–Crippen MR) is 62.9 cm³/mol. The predicted octanol–water partition coefficient (Wildman–Crippen LogP) is 2.21. The molecule has 0 spiro atoms. The first-order chi connectivity index (χ1) is 8.54. The van der Waals surface area contributed by atoms with Gasteiger partial charge in [0, 0.05) is 12.1 Å². The van der Waals surface area contributed by atoms with Gasteiger partial charge in [0.25, 0.3) is 0 Å². The quantitative estimate of drug-likeness (QED) is 0.901. The molecule has 0 amide bonds. The number of hydrogen-bond acceptors (Lipinski definition) is 3. The molecule has 0 radical (unpaired) electrons. The van der Waals surface area contributed by atoms with Gasteiger partial charge >= 0.3 is 5.97 Å². The number of nitrogens with zero attached hydrogens (tertiary/aromatic N) is 2. The van der Waals surface area contributed by atoms with Crippen LogP contribution < -0.4 is 0 Å². The molecule has 92 valence electrons. The Morgan fingerprint density at radius 1 is 1.28 bits per heavy atom. The van der Waals surface area contributed by atoms with Gasteiger partial charge in [-0.05, 0) is 30.7 Å². The molecule has 0 saturated carbocycles. The average molecular weight is 246 g/mol. The Labute approximate surface area is 103 Å². The number of aryl methyl sites for hydroxylation is 1. The number of carboxylic acids is 1. The minimum absolute atomic E-state index is 0.0281. The van der Waals surface area contributed by atoms with Crippen molar-refractivity contribution in [3.63, 3.8) is 0 Å². The molecule has 1 aromatic heterocycles. The van der Waals surface area contributed by atoms with Crippen molar-refractivity contribution in [1.29, 1.82) is 0 Å². The fourth-order valence-electron chi connectivity index (χ4n) is 1.60. The van der Waals surface area contributed by atoms with E-state index in [1.54, 1.807) is 19.1 Å². The van der Waals surface area contributed by atoms with E-state index in [0.717, 1.165) is 5.56 Å². The Balaban J connectivity index is 2.28. The Hall–Kier alpha value is -2.30. The molecule has 0 fully saturated rings. The van der Waals surface area contributed by atoms with Gasteiger partial charge in [-0.25, -0.2) is 19.2 Å². The molecule has 2 aromatic rings. The highest BCUT2D eigenvalue weighted by Gasteiger charge is 2.09. The van der Waals surface area contributed by atoms with Crippen molar-refractivity contribution >= 4 is 5.97 Å². The maximum absolute atomic E-state index is 12.8. The third-order valence-electron chi connectivity index (χ3n) is 2.40. The Bertz CT molecular complexity index is 582. The van der Waals surface area contributed by atoms with E-state index in [-0.39, 0.29) is 11.5 Å². The van der Waals surface area contributed by atoms with Gasteiger partial charge in [0.2, 0.25) is 0 Å². The van der Waals surface area contributed by atoms with Crippen molar-refractivity contribution in [3.8, 4) is 0 Å². The van der Waals surface area contributed by atoms with Crippen LogP contribution in [0.15, 0.2) is 30.3 Å². The van der Waals surface area contributed by atoms with Gasteiger partial charge in [-0.3, -0.25) is 0 Å². The number of hydrogen-bond donors (Lipinski definition) is 1. The SMILES string of the molecule is Cc1cc(C(=O)O)nc(Cc2ccc(F)cc2)n1. The van der Waals surface area contributed by atoms with Crippen LogP contribution in [0.1, 0.15) is 27.6 Å². The molecule has 0 bridgehead atoms. The van der Waals surface area contributed by atoms with E-state index in [9.17, 15) is 9.18 Å². The lowest BCUT2D eigenvalue weighted by atomic mass is 10.1. The number of rotatable bonds is 3. The molecule has 0 aliphatic rings. The van der Waals surface area contributed by atoms with Crippen LogP contribution in [-0.2, 0) is 6.42 Å². The van der Waals surface area contributed by atoms with Gasteiger partial charge in [0.15, 0.2) is 5.69 Å². The highest BCUT2D eigenvalue weighted by atomic mass is 19.1. The largest absolute Gasteiger partial charge is 0.477 e. The van der Waals surface area contributed by atoms with E-state index in [1.165, 1.54) is 18.2 Å². The van der Waals surface area contributed by atoms with Crippen molar-refractivity contribution in [2.24, 2.45) is 0 Å². The van der Waals surface area contributed by atoms with Gasteiger partial charge < -0.3 is 5.11 Å². The van der Waals surface area contributed by atoms with Crippen molar-refractivity contribution in [2.45, 2.75) is 13.3 Å². The molecule has 0 saturated heterocycles. The standard InChI is InChI=1S/C13H11FN2O2/c1-8-6-11(13(17)18)16-12(15-8)7-9-2-4-10(14)5-3-9/h2-6H,7H2,1H3,(H,17,18). The second kappa shape index (κ2) is 4.91. The summed E-state index contributed by atoms with van der Waals surface area (Å²) in [5.41, 5.74) is 1.40. The second-order valence-corrected chi connectivity index (χ2v) is 3.92. The fraction of sp³-hybridized carbons (Fsp3) is 0.154. The van der Waals surface area contributed by atoms with Crippen molar-refractivity contribution in [3.05, 3.63) is 58.9 Å². The molecule has 1 heterocycles. The number of carboxylic acid groups (broad SMARTS) is 1. The van der Waals surface area contributed by atoms with Gasteiger partial charge in [0.1, 0.15) is 11.6 Å². The summed E-state index contributed by atoms with van der Waals surface area (Å²) in [5, 5.41) is 8.90. The lowest BCUT2D eigenvalue weighted by Gasteiger charge is -2.03. The van der Waals surface area contributed by atoms with Crippen LogP contribution in [-0.4, -0.2) is 21.0 Å². The zero-order chi connectivity index (χ0) is 13.1. The fourth-order valence-corrected chi connectivity index (χ4v) is 1.60. The minimum Gasteiger partial charge on any atom is -0.477 e. The van der Waals surface area contributed by atoms with Gasteiger partial charge in [0.05, 0.1) is 0 Å². The number of aromatic carboxylic acids is 1. The molecule has 2 rings (SSSR count). The molecule has 5 heteroatoms. The average Bonchev–Trinajstić information content (AvgIpc) is 2.31. The smallest absolute Gasteiger partial charge is 0.354 e. The number of halogens is 1. The first-order valence-electron chi connectivity index (χ1n) is 5.37. The van der Waals surface area contributed by atoms with E-state index < -0.39 is 5.97 Å². The molecule has 18 heavy (non-hydrogen) atoms. The van der Waals surface area contributed by atoms with Crippen LogP contribution >= 0.6 is 0 Å². The Kier molecular flexibility index (Phi) is 3.32. The summed E-state index contributed by atoms with van der Waals surface area (Å²) < 4.78 is 12.8. The number of aromatic nitrogens is 2. The van der Waals surface area contributed by atoms with E-state index in [1.807, 2.05) is 0 Å². The molecule has 1 N–H and O–H groups in total. The summed E-state index contributed by atoms with van der Waals surface area (Å²) in [6.45, 7) is 1.71. The maximum Gasteiger partial charge on any atom is 0.354 e. The third kappa shape index (κ3) is 2.88. The lowest BCUT2D eigenvalue weighted by Crippen LogP contribution is -2.07. The second-order valence-electron chi connectivity index (χ2n) is 3.92. The third-order valence-corrected chi connectivity index (χ3v) is 2.40. The number of benzene rings is 1. The zero-order valence-corrected chi connectivity index (χ0v) is 9.72. The molecule has 4 nitrogen and oxygen atoms in total. The van der Waals surface area contributed by atoms with Crippen LogP contribution in [0.5, 0.6) is 0 Å². The topological polar surface area (TPSA) is 63.1 Å².